The first kappa shape index (κ1) is 14.8. The first-order valence-corrected chi connectivity index (χ1v) is 7.38. The van der Waals surface area contributed by atoms with Crippen LogP contribution >= 0.6 is 0 Å². The van der Waals surface area contributed by atoms with Crippen LogP contribution in [0.5, 0.6) is 0 Å². The van der Waals surface area contributed by atoms with Crippen LogP contribution < -0.4 is 10.6 Å². The molecule has 6 nitrogen and oxygen atoms in total. The molecule has 1 aliphatic heterocycles. The summed E-state index contributed by atoms with van der Waals surface area (Å²) in [4.78, 5) is 34.6. The molecule has 3 N–H and O–H groups in total. The number of piperidine rings is 1. The number of carboxylic acids is 1. The van der Waals surface area contributed by atoms with Crippen LogP contribution in [-0.2, 0) is 14.4 Å². The largest absolute Gasteiger partial charge is 0.480 e. The summed E-state index contributed by atoms with van der Waals surface area (Å²) < 4.78 is 0. The van der Waals surface area contributed by atoms with Gasteiger partial charge in [-0.05, 0) is 25.2 Å². The van der Waals surface area contributed by atoms with Crippen LogP contribution in [0.4, 0.5) is 0 Å². The first-order valence-electron chi connectivity index (χ1n) is 7.38. The van der Waals surface area contributed by atoms with Gasteiger partial charge in [0.2, 0.25) is 11.8 Å². The lowest BCUT2D eigenvalue weighted by molar-refractivity contribution is -0.145. The fourth-order valence-electron chi connectivity index (χ4n) is 3.08. The number of amides is 2. The third kappa shape index (κ3) is 3.71. The van der Waals surface area contributed by atoms with E-state index in [0.29, 0.717) is 19.4 Å². The lowest BCUT2D eigenvalue weighted by Crippen LogP contribution is -2.51. The molecule has 1 saturated carbocycles. The lowest BCUT2D eigenvalue weighted by atomic mass is 9.83. The van der Waals surface area contributed by atoms with Crippen molar-refractivity contribution in [2.45, 2.75) is 51.0 Å². The Bertz CT molecular complexity index is 381. The minimum Gasteiger partial charge on any atom is -0.480 e. The molecule has 1 saturated heterocycles. The number of carbonyl (C=O) groups excluding carboxylic acids is 2. The predicted molar refractivity (Wildman–Crippen MR) is 71.9 cm³/mol. The van der Waals surface area contributed by atoms with Crippen molar-refractivity contribution in [3.8, 4) is 0 Å². The van der Waals surface area contributed by atoms with E-state index in [9.17, 15) is 19.5 Å². The van der Waals surface area contributed by atoms with Crippen molar-refractivity contribution < 1.29 is 19.5 Å². The Hall–Kier alpha value is -1.59. The van der Waals surface area contributed by atoms with Crippen LogP contribution in [0.3, 0.4) is 0 Å². The zero-order chi connectivity index (χ0) is 14.5. The maximum absolute atomic E-state index is 12.1. The van der Waals surface area contributed by atoms with Gasteiger partial charge in [0.05, 0.1) is 5.92 Å². The molecular formula is C14H22N2O4. The Morgan fingerprint density at radius 2 is 1.90 bits per heavy atom. The SMILES string of the molecule is O=C1CCC(C(=O)NC(C(=O)O)C2CCCCC2)CN1. The van der Waals surface area contributed by atoms with Gasteiger partial charge in [0.1, 0.15) is 6.04 Å². The molecule has 2 aliphatic rings. The Labute approximate surface area is 118 Å². The molecule has 2 unspecified atom stereocenters. The summed E-state index contributed by atoms with van der Waals surface area (Å²) in [6, 6.07) is -0.791. The van der Waals surface area contributed by atoms with E-state index in [2.05, 4.69) is 10.6 Å². The molecular weight excluding hydrogens is 260 g/mol. The van der Waals surface area contributed by atoms with Gasteiger partial charge in [-0.2, -0.15) is 0 Å². The van der Waals surface area contributed by atoms with E-state index in [0.717, 1.165) is 32.1 Å². The highest BCUT2D eigenvalue weighted by atomic mass is 16.4. The summed E-state index contributed by atoms with van der Waals surface area (Å²) in [5.74, 6) is -1.52. The van der Waals surface area contributed by atoms with Crippen molar-refractivity contribution in [3.05, 3.63) is 0 Å². The Balaban J connectivity index is 1.91. The van der Waals surface area contributed by atoms with E-state index in [1.54, 1.807) is 0 Å². The van der Waals surface area contributed by atoms with Gasteiger partial charge < -0.3 is 15.7 Å². The fourth-order valence-corrected chi connectivity index (χ4v) is 3.08. The number of carboxylic acid groups (broad SMARTS) is 1. The summed E-state index contributed by atoms with van der Waals surface area (Å²) in [5, 5.41) is 14.7. The van der Waals surface area contributed by atoms with Crippen molar-refractivity contribution in [2.75, 3.05) is 6.54 Å². The van der Waals surface area contributed by atoms with Gasteiger partial charge in [-0.1, -0.05) is 19.3 Å². The summed E-state index contributed by atoms with van der Waals surface area (Å²) in [7, 11) is 0. The molecule has 0 aromatic rings. The van der Waals surface area contributed by atoms with Crippen molar-refractivity contribution in [2.24, 2.45) is 11.8 Å². The maximum Gasteiger partial charge on any atom is 0.326 e. The topological polar surface area (TPSA) is 95.5 Å². The smallest absolute Gasteiger partial charge is 0.326 e. The zero-order valence-electron chi connectivity index (χ0n) is 11.6. The summed E-state index contributed by atoms with van der Waals surface area (Å²) in [6.45, 7) is 0.307. The average Bonchev–Trinajstić information content (AvgIpc) is 2.46. The Kier molecular flexibility index (Phi) is 4.98. The number of carbonyl (C=O) groups is 3. The van der Waals surface area contributed by atoms with Crippen molar-refractivity contribution in [3.63, 3.8) is 0 Å². The third-order valence-electron chi connectivity index (χ3n) is 4.32. The van der Waals surface area contributed by atoms with E-state index in [1.165, 1.54) is 0 Å². The number of hydrogen-bond donors (Lipinski definition) is 3. The van der Waals surface area contributed by atoms with E-state index in [4.69, 9.17) is 0 Å². The van der Waals surface area contributed by atoms with Crippen LogP contribution in [0.25, 0.3) is 0 Å². The number of hydrogen-bond acceptors (Lipinski definition) is 3. The number of nitrogens with one attached hydrogen (secondary N) is 2. The third-order valence-corrected chi connectivity index (χ3v) is 4.32. The lowest BCUT2D eigenvalue weighted by Gasteiger charge is -2.30. The predicted octanol–water partition coefficient (Wildman–Crippen LogP) is 0.662. The molecule has 0 bridgehead atoms. The van der Waals surface area contributed by atoms with Gasteiger partial charge in [0.15, 0.2) is 0 Å². The molecule has 1 heterocycles. The van der Waals surface area contributed by atoms with Gasteiger partial charge in [0.25, 0.3) is 0 Å². The molecule has 112 valence electrons. The standard InChI is InChI=1S/C14H22N2O4/c17-11-7-6-10(8-15-11)13(18)16-12(14(19)20)9-4-2-1-3-5-9/h9-10,12H,1-8H2,(H,15,17)(H,16,18)(H,19,20). The van der Waals surface area contributed by atoms with Gasteiger partial charge >= 0.3 is 5.97 Å². The second-order valence-electron chi connectivity index (χ2n) is 5.76. The molecule has 20 heavy (non-hydrogen) atoms. The fraction of sp³-hybridized carbons (Fsp3) is 0.786. The molecule has 0 spiro atoms. The van der Waals surface area contributed by atoms with Gasteiger partial charge in [-0.25, -0.2) is 4.79 Å². The molecule has 1 aliphatic carbocycles. The molecule has 2 rings (SSSR count). The Morgan fingerprint density at radius 3 is 2.45 bits per heavy atom. The van der Waals surface area contributed by atoms with E-state index >= 15 is 0 Å². The van der Waals surface area contributed by atoms with Crippen LogP contribution in [0, 0.1) is 11.8 Å². The van der Waals surface area contributed by atoms with Crippen LogP contribution in [0.2, 0.25) is 0 Å². The first-order chi connectivity index (χ1) is 9.58. The van der Waals surface area contributed by atoms with Crippen LogP contribution in [0.15, 0.2) is 0 Å². The van der Waals surface area contributed by atoms with Crippen LogP contribution in [-0.4, -0.2) is 35.5 Å². The minimum absolute atomic E-state index is 0.0309. The van der Waals surface area contributed by atoms with Crippen molar-refractivity contribution >= 4 is 17.8 Å². The molecule has 0 aromatic carbocycles. The Morgan fingerprint density at radius 1 is 1.20 bits per heavy atom. The van der Waals surface area contributed by atoms with Crippen LogP contribution in [0.1, 0.15) is 44.9 Å². The highest BCUT2D eigenvalue weighted by molar-refractivity contribution is 5.87. The molecule has 2 atom stereocenters. The van der Waals surface area contributed by atoms with Gasteiger partial charge in [-0.15, -0.1) is 0 Å². The van der Waals surface area contributed by atoms with Crippen molar-refractivity contribution in [1.82, 2.24) is 10.6 Å². The summed E-state index contributed by atoms with van der Waals surface area (Å²) in [5.41, 5.74) is 0. The molecule has 6 heteroatoms. The number of aliphatic carboxylic acids is 1. The maximum atomic E-state index is 12.1. The zero-order valence-corrected chi connectivity index (χ0v) is 11.6. The molecule has 2 fully saturated rings. The molecule has 0 aromatic heterocycles. The average molecular weight is 282 g/mol. The highest BCUT2D eigenvalue weighted by Gasteiger charge is 2.33. The van der Waals surface area contributed by atoms with Crippen molar-refractivity contribution in [1.29, 1.82) is 0 Å². The highest BCUT2D eigenvalue weighted by Crippen LogP contribution is 2.27. The second-order valence-corrected chi connectivity index (χ2v) is 5.76. The summed E-state index contributed by atoms with van der Waals surface area (Å²) in [6.07, 6.45) is 5.75. The number of rotatable bonds is 4. The van der Waals surface area contributed by atoms with E-state index < -0.39 is 12.0 Å². The minimum atomic E-state index is -0.954. The molecule has 2 amide bonds. The van der Waals surface area contributed by atoms with E-state index in [1.807, 2.05) is 0 Å². The van der Waals surface area contributed by atoms with E-state index in [-0.39, 0.29) is 23.7 Å². The summed E-state index contributed by atoms with van der Waals surface area (Å²) >= 11 is 0. The van der Waals surface area contributed by atoms with Gasteiger partial charge in [-0.3, -0.25) is 9.59 Å². The molecule has 0 radical (unpaired) electrons. The second kappa shape index (κ2) is 6.72. The monoisotopic (exact) mass is 282 g/mol. The van der Waals surface area contributed by atoms with Gasteiger partial charge in [0, 0.05) is 13.0 Å². The quantitative estimate of drug-likeness (QED) is 0.706. The normalized spacial score (nSPS) is 25.6.